The first-order valence-corrected chi connectivity index (χ1v) is 11.5. The lowest BCUT2D eigenvalue weighted by atomic mass is 10.1. The molecular weight excluding hydrogens is 392 g/mol. The van der Waals surface area contributed by atoms with Crippen LogP contribution >= 0.6 is 0 Å². The Bertz CT molecular complexity index is 964. The Labute approximate surface area is 171 Å². The van der Waals surface area contributed by atoms with Crippen molar-refractivity contribution in [2.24, 2.45) is 7.05 Å². The average Bonchev–Trinajstić information content (AvgIpc) is 2.71. The summed E-state index contributed by atoms with van der Waals surface area (Å²) in [4.78, 5) is 11.9. The predicted molar refractivity (Wildman–Crippen MR) is 112 cm³/mol. The molecule has 0 N–H and O–H groups in total. The van der Waals surface area contributed by atoms with Crippen LogP contribution in [0.5, 0.6) is 11.5 Å². The molecule has 2 aromatic rings. The maximum absolute atomic E-state index is 12.6. The summed E-state index contributed by atoms with van der Waals surface area (Å²) in [6.45, 7) is 3.07. The van der Waals surface area contributed by atoms with Crippen LogP contribution in [0, 0.1) is 6.92 Å². The Morgan fingerprint density at radius 3 is 2.41 bits per heavy atom. The topological polar surface area (TPSA) is 77.8 Å². The summed E-state index contributed by atoms with van der Waals surface area (Å²) >= 11 is 0. The van der Waals surface area contributed by atoms with E-state index in [4.69, 9.17) is 9.47 Å². The number of hydrogen-bond acceptors (Lipinski definition) is 5. The number of ether oxygens (including phenoxy) is 2. The molecule has 7 nitrogen and oxygen atoms in total. The molecule has 1 saturated heterocycles. The maximum atomic E-state index is 12.6. The van der Waals surface area contributed by atoms with Crippen molar-refractivity contribution in [3.8, 4) is 11.5 Å². The molecule has 3 rings (SSSR count). The number of para-hydroxylation sites is 1. The molecule has 0 atom stereocenters. The van der Waals surface area contributed by atoms with Gasteiger partial charge in [-0.05, 0) is 44.4 Å². The molecule has 0 unspecified atom stereocenters. The number of piperidine rings is 1. The number of benzene rings is 1. The van der Waals surface area contributed by atoms with Gasteiger partial charge in [0, 0.05) is 31.9 Å². The second kappa shape index (κ2) is 9.45. The molecule has 0 saturated carbocycles. The number of aryl methyl sites for hydroxylation is 1. The van der Waals surface area contributed by atoms with Gasteiger partial charge in [-0.1, -0.05) is 18.2 Å². The standard InChI is InChI=1S/C21H28N2O5S/c1-17-15-20(16-21(24)22(17)2)28-19-9-11-23(12-10-19)29(25,26)14-6-13-27-18-7-4-3-5-8-18/h3-5,7-8,15-16,19H,6,9-14H2,1-2H3. The van der Waals surface area contributed by atoms with E-state index in [1.165, 1.54) is 10.4 Å². The van der Waals surface area contributed by atoms with Gasteiger partial charge in [0.05, 0.1) is 12.4 Å². The number of hydrogen-bond donors (Lipinski definition) is 0. The third-order valence-corrected chi connectivity index (χ3v) is 7.09. The Kier molecular flexibility index (Phi) is 6.97. The van der Waals surface area contributed by atoms with E-state index >= 15 is 0 Å². The van der Waals surface area contributed by atoms with Gasteiger partial charge in [0.2, 0.25) is 10.0 Å². The fourth-order valence-corrected chi connectivity index (χ4v) is 4.81. The number of sulfonamides is 1. The summed E-state index contributed by atoms with van der Waals surface area (Å²) < 4.78 is 39.7. The fraction of sp³-hybridized carbons (Fsp3) is 0.476. The SMILES string of the molecule is Cc1cc(OC2CCN(S(=O)(=O)CCCOc3ccccc3)CC2)cc(=O)n1C. The molecule has 1 aromatic heterocycles. The van der Waals surface area contributed by atoms with Gasteiger partial charge in [0.1, 0.15) is 17.6 Å². The van der Waals surface area contributed by atoms with Crippen molar-refractivity contribution >= 4 is 10.0 Å². The van der Waals surface area contributed by atoms with Crippen LogP contribution < -0.4 is 15.0 Å². The van der Waals surface area contributed by atoms with E-state index in [9.17, 15) is 13.2 Å². The molecule has 1 aliphatic heterocycles. The van der Waals surface area contributed by atoms with Crippen LogP contribution in [0.3, 0.4) is 0 Å². The van der Waals surface area contributed by atoms with Crippen molar-refractivity contribution in [2.75, 3.05) is 25.4 Å². The van der Waals surface area contributed by atoms with Crippen molar-refractivity contribution in [3.63, 3.8) is 0 Å². The molecule has 29 heavy (non-hydrogen) atoms. The van der Waals surface area contributed by atoms with E-state index in [1.807, 2.05) is 43.3 Å². The molecule has 0 radical (unpaired) electrons. The zero-order valence-corrected chi connectivity index (χ0v) is 17.7. The van der Waals surface area contributed by atoms with Crippen LogP contribution in [-0.4, -0.2) is 48.8 Å². The van der Waals surface area contributed by atoms with Crippen molar-refractivity contribution in [1.82, 2.24) is 8.87 Å². The fourth-order valence-electron chi connectivity index (χ4n) is 3.30. The third kappa shape index (κ3) is 5.83. The molecule has 1 fully saturated rings. The van der Waals surface area contributed by atoms with E-state index in [2.05, 4.69) is 0 Å². The van der Waals surface area contributed by atoms with Crippen molar-refractivity contribution < 1.29 is 17.9 Å². The number of nitrogens with zero attached hydrogens (tertiary/aromatic N) is 2. The molecule has 2 heterocycles. The molecule has 1 aliphatic rings. The predicted octanol–water partition coefficient (Wildman–Crippen LogP) is 2.34. The van der Waals surface area contributed by atoms with Gasteiger partial charge in [-0.25, -0.2) is 12.7 Å². The Balaban J connectivity index is 1.45. The first kappa shape index (κ1) is 21.4. The van der Waals surface area contributed by atoms with Gasteiger partial charge in [0.15, 0.2) is 0 Å². The summed E-state index contributed by atoms with van der Waals surface area (Å²) in [7, 11) is -1.59. The van der Waals surface area contributed by atoms with Gasteiger partial charge in [-0.3, -0.25) is 4.79 Å². The van der Waals surface area contributed by atoms with Gasteiger partial charge in [0.25, 0.3) is 5.56 Å². The normalized spacial score (nSPS) is 15.9. The quantitative estimate of drug-likeness (QED) is 0.613. The molecule has 0 bridgehead atoms. The zero-order chi connectivity index (χ0) is 20.9. The molecule has 0 amide bonds. The zero-order valence-electron chi connectivity index (χ0n) is 16.9. The van der Waals surface area contributed by atoms with Crippen molar-refractivity contribution in [1.29, 1.82) is 0 Å². The summed E-state index contributed by atoms with van der Waals surface area (Å²) in [5.41, 5.74) is 0.711. The number of aromatic nitrogens is 1. The summed E-state index contributed by atoms with van der Waals surface area (Å²) in [5, 5.41) is 0. The van der Waals surface area contributed by atoms with Gasteiger partial charge in [-0.2, -0.15) is 0 Å². The van der Waals surface area contributed by atoms with E-state index in [0.29, 0.717) is 44.7 Å². The van der Waals surface area contributed by atoms with Crippen LogP contribution in [0.15, 0.2) is 47.3 Å². The van der Waals surface area contributed by atoms with Crippen LogP contribution in [-0.2, 0) is 17.1 Å². The maximum Gasteiger partial charge on any atom is 0.254 e. The highest BCUT2D eigenvalue weighted by Crippen LogP contribution is 2.21. The van der Waals surface area contributed by atoms with Gasteiger partial charge in [-0.15, -0.1) is 0 Å². The van der Waals surface area contributed by atoms with Gasteiger partial charge >= 0.3 is 0 Å². The van der Waals surface area contributed by atoms with E-state index < -0.39 is 10.0 Å². The van der Waals surface area contributed by atoms with E-state index in [1.54, 1.807) is 11.6 Å². The Morgan fingerprint density at radius 2 is 1.76 bits per heavy atom. The monoisotopic (exact) mass is 420 g/mol. The van der Waals surface area contributed by atoms with Crippen LogP contribution in [0.25, 0.3) is 0 Å². The molecule has 0 spiro atoms. The minimum absolute atomic E-state index is 0.0687. The van der Waals surface area contributed by atoms with Crippen LogP contribution in [0.1, 0.15) is 25.0 Å². The summed E-state index contributed by atoms with van der Waals surface area (Å²) in [6.07, 6.45) is 1.57. The van der Waals surface area contributed by atoms with Crippen molar-refractivity contribution in [3.05, 3.63) is 58.5 Å². The lowest BCUT2D eigenvalue weighted by Crippen LogP contribution is -2.43. The summed E-state index contributed by atoms with van der Waals surface area (Å²) in [5.74, 6) is 1.36. The highest BCUT2D eigenvalue weighted by Gasteiger charge is 2.28. The van der Waals surface area contributed by atoms with Gasteiger partial charge < -0.3 is 14.0 Å². The average molecular weight is 421 g/mol. The summed E-state index contributed by atoms with van der Waals surface area (Å²) in [6, 6.07) is 12.7. The lowest BCUT2D eigenvalue weighted by Gasteiger charge is -2.31. The molecule has 0 aliphatic carbocycles. The third-order valence-electron chi connectivity index (χ3n) is 5.13. The largest absolute Gasteiger partial charge is 0.494 e. The highest BCUT2D eigenvalue weighted by atomic mass is 32.2. The second-order valence-corrected chi connectivity index (χ2v) is 9.37. The minimum atomic E-state index is -3.31. The Morgan fingerprint density at radius 1 is 1.07 bits per heavy atom. The molecule has 8 heteroatoms. The number of pyridine rings is 1. The number of rotatable bonds is 8. The van der Waals surface area contributed by atoms with E-state index in [-0.39, 0.29) is 17.4 Å². The lowest BCUT2D eigenvalue weighted by molar-refractivity contribution is 0.134. The first-order valence-electron chi connectivity index (χ1n) is 9.85. The smallest absolute Gasteiger partial charge is 0.254 e. The minimum Gasteiger partial charge on any atom is -0.494 e. The first-order chi connectivity index (χ1) is 13.8. The van der Waals surface area contributed by atoms with Crippen molar-refractivity contribution in [2.45, 2.75) is 32.3 Å². The molecule has 158 valence electrons. The van der Waals surface area contributed by atoms with E-state index in [0.717, 1.165) is 11.4 Å². The molecule has 1 aromatic carbocycles. The van der Waals surface area contributed by atoms with Crippen LogP contribution in [0.2, 0.25) is 0 Å². The van der Waals surface area contributed by atoms with Crippen LogP contribution in [0.4, 0.5) is 0 Å². The highest BCUT2D eigenvalue weighted by molar-refractivity contribution is 7.89. The Hall–Kier alpha value is -2.32. The second-order valence-electron chi connectivity index (χ2n) is 7.28. The molecular formula is C21H28N2O5S.